The van der Waals surface area contributed by atoms with E-state index in [0.717, 1.165) is 42.6 Å². The summed E-state index contributed by atoms with van der Waals surface area (Å²) >= 11 is 0. The first-order chi connectivity index (χ1) is 12.5. The Balaban J connectivity index is 1.30. The van der Waals surface area contributed by atoms with Crippen molar-refractivity contribution in [3.63, 3.8) is 0 Å². The SMILES string of the molecule is CCOC(=O)c1ccc(CNC(=O)NC23CC4CC(CC(C4)C2)C3)cc1. The fourth-order valence-electron chi connectivity index (χ4n) is 5.70. The second kappa shape index (κ2) is 6.93. The molecule has 1 aromatic rings. The monoisotopic (exact) mass is 356 g/mol. The standard InChI is InChI=1S/C21H28N2O3/c1-2-26-19(24)18-5-3-14(4-6-18)13-22-20(25)23-21-10-15-7-16(11-21)9-17(8-15)12-21/h3-6,15-17H,2,7-13H2,1H3,(H2,22,23,25). The molecule has 0 atom stereocenters. The van der Waals surface area contributed by atoms with Crippen molar-refractivity contribution in [3.8, 4) is 0 Å². The van der Waals surface area contributed by atoms with E-state index in [9.17, 15) is 9.59 Å². The van der Waals surface area contributed by atoms with E-state index < -0.39 is 0 Å². The van der Waals surface area contributed by atoms with E-state index in [4.69, 9.17) is 4.74 Å². The molecule has 1 aromatic carbocycles. The highest BCUT2D eigenvalue weighted by atomic mass is 16.5. The summed E-state index contributed by atoms with van der Waals surface area (Å²) in [4.78, 5) is 24.1. The summed E-state index contributed by atoms with van der Waals surface area (Å²) < 4.78 is 4.98. The summed E-state index contributed by atoms with van der Waals surface area (Å²) in [6.45, 7) is 2.62. The van der Waals surface area contributed by atoms with Crippen LogP contribution in [0.25, 0.3) is 0 Å². The van der Waals surface area contributed by atoms with Crippen LogP contribution in [0.4, 0.5) is 4.79 Å². The maximum absolute atomic E-state index is 12.5. The van der Waals surface area contributed by atoms with Gasteiger partial charge in [-0.3, -0.25) is 0 Å². The number of nitrogens with one attached hydrogen (secondary N) is 2. The number of hydrogen-bond acceptors (Lipinski definition) is 3. The predicted molar refractivity (Wildman–Crippen MR) is 98.7 cm³/mol. The lowest BCUT2D eigenvalue weighted by Gasteiger charge is -2.56. The van der Waals surface area contributed by atoms with Crippen molar-refractivity contribution in [2.45, 2.75) is 57.5 Å². The quantitative estimate of drug-likeness (QED) is 0.792. The highest BCUT2D eigenvalue weighted by molar-refractivity contribution is 5.89. The van der Waals surface area contributed by atoms with Crippen LogP contribution in [0.1, 0.15) is 61.4 Å². The molecule has 0 aromatic heterocycles. The zero-order valence-electron chi connectivity index (χ0n) is 15.4. The zero-order valence-corrected chi connectivity index (χ0v) is 15.4. The Morgan fingerprint density at radius 2 is 1.62 bits per heavy atom. The highest BCUT2D eigenvalue weighted by Crippen LogP contribution is 2.55. The molecule has 5 rings (SSSR count). The molecule has 140 valence electrons. The van der Waals surface area contributed by atoms with Crippen molar-refractivity contribution < 1.29 is 14.3 Å². The summed E-state index contributed by atoms with van der Waals surface area (Å²) in [6, 6.07) is 7.13. The summed E-state index contributed by atoms with van der Waals surface area (Å²) in [5, 5.41) is 6.30. The number of benzene rings is 1. The lowest BCUT2D eigenvalue weighted by Crippen LogP contribution is -2.61. The average Bonchev–Trinajstić information content (AvgIpc) is 2.59. The molecule has 0 heterocycles. The van der Waals surface area contributed by atoms with Crippen molar-refractivity contribution in [1.82, 2.24) is 10.6 Å². The second-order valence-electron chi connectivity index (χ2n) is 8.42. The molecular formula is C21H28N2O3. The van der Waals surface area contributed by atoms with Crippen LogP contribution in [0.2, 0.25) is 0 Å². The van der Waals surface area contributed by atoms with Gasteiger partial charge in [0.1, 0.15) is 0 Å². The van der Waals surface area contributed by atoms with Crippen molar-refractivity contribution >= 4 is 12.0 Å². The van der Waals surface area contributed by atoms with Gasteiger partial charge in [-0.1, -0.05) is 12.1 Å². The van der Waals surface area contributed by atoms with Crippen molar-refractivity contribution in [2.24, 2.45) is 17.8 Å². The maximum atomic E-state index is 12.5. The molecule has 0 aliphatic heterocycles. The second-order valence-corrected chi connectivity index (χ2v) is 8.42. The molecule has 4 fully saturated rings. The van der Waals surface area contributed by atoms with Gasteiger partial charge in [0.25, 0.3) is 0 Å². The van der Waals surface area contributed by atoms with E-state index >= 15 is 0 Å². The molecule has 0 spiro atoms. The number of ether oxygens (including phenoxy) is 1. The number of carbonyl (C=O) groups excluding carboxylic acids is 2. The number of esters is 1. The van der Waals surface area contributed by atoms with Gasteiger partial charge in [0.15, 0.2) is 0 Å². The molecule has 4 aliphatic rings. The van der Waals surface area contributed by atoms with Gasteiger partial charge in [0.2, 0.25) is 0 Å². The summed E-state index contributed by atoms with van der Waals surface area (Å²) in [5.74, 6) is 2.14. The van der Waals surface area contributed by atoms with Gasteiger partial charge in [-0.05, 0) is 80.9 Å². The van der Waals surface area contributed by atoms with E-state index in [1.165, 1.54) is 19.3 Å². The fourth-order valence-corrected chi connectivity index (χ4v) is 5.70. The van der Waals surface area contributed by atoms with E-state index in [0.29, 0.717) is 18.7 Å². The van der Waals surface area contributed by atoms with E-state index in [1.54, 1.807) is 19.1 Å². The zero-order chi connectivity index (χ0) is 18.1. The molecule has 0 unspecified atom stereocenters. The molecule has 2 amide bonds. The van der Waals surface area contributed by atoms with Crippen LogP contribution in [0, 0.1) is 17.8 Å². The Hall–Kier alpha value is -2.04. The van der Waals surface area contributed by atoms with Crippen LogP contribution in [0.3, 0.4) is 0 Å². The van der Waals surface area contributed by atoms with Crippen molar-refractivity contribution in [3.05, 3.63) is 35.4 Å². The van der Waals surface area contributed by atoms with Gasteiger partial charge in [0, 0.05) is 12.1 Å². The number of hydrogen-bond donors (Lipinski definition) is 2. The molecule has 4 aliphatic carbocycles. The Morgan fingerprint density at radius 3 is 2.15 bits per heavy atom. The number of amides is 2. The molecule has 26 heavy (non-hydrogen) atoms. The fraction of sp³-hybridized carbons (Fsp3) is 0.619. The van der Waals surface area contributed by atoms with Crippen molar-refractivity contribution in [2.75, 3.05) is 6.61 Å². The van der Waals surface area contributed by atoms with Crippen LogP contribution in [-0.2, 0) is 11.3 Å². The molecular weight excluding hydrogens is 328 g/mol. The maximum Gasteiger partial charge on any atom is 0.338 e. The van der Waals surface area contributed by atoms with Crippen LogP contribution >= 0.6 is 0 Å². The van der Waals surface area contributed by atoms with Crippen LogP contribution in [0.15, 0.2) is 24.3 Å². The average molecular weight is 356 g/mol. The Kier molecular flexibility index (Phi) is 4.63. The smallest absolute Gasteiger partial charge is 0.338 e. The number of rotatable bonds is 5. The first-order valence-electron chi connectivity index (χ1n) is 9.87. The molecule has 0 saturated heterocycles. The Bertz CT molecular complexity index is 648. The lowest BCUT2D eigenvalue weighted by molar-refractivity contribution is -0.0135. The van der Waals surface area contributed by atoms with Crippen LogP contribution in [0.5, 0.6) is 0 Å². The normalized spacial score (nSPS) is 31.5. The predicted octanol–water partition coefficient (Wildman–Crippen LogP) is 3.63. The van der Waals surface area contributed by atoms with Gasteiger partial charge in [-0.15, -0.1) is 0 Å². The first kappa shape index (κ1) is 17.4. The van der Waals surface area contributed by atoms with E-state index in [2.05, 4.69) is 10.6 Å². The van der Waals surface area contributed by atoms with Crippen LogP contribution < -0.4 is 10.6 Å². The third kappa shape index (κ3) is 3.57. The van der Waals surface area contributed by atoms with Gasteiger partial charge < -0.3 is 15.4 Å². The molecule has 2 N–H and O–H groups in total. The third-order valence-corrected chi connectivity index (χ3v) is 6.34. The minimum Gasteiger partial charge on any atom is -0.462 e. The first-order valence-corrected chi connectivity index (χ1v) is 9.87. The Morgan fingerprint density at radius 1 is 1.04 bits per heavy atom. The van der Waals surface area contributed by atoms with Gasteiger partial charge in [-0.25, -0.2) is 9.59 Å². The third-order valence-electron chi connectivity index (χ3n) is 6.34. The van der Waals surface area contributed by atoms with Crippen LogP contribution in [-0.4, -0.2) is 24.1 Å². The molecule has 5 nitrogen and oxygen atoms in total. The number of urea groups is 1. The van der Waals surface area contributed by atoms with Gasteiger partial charge in [0.05, 0.1) is 12.2 Å². The number of carbonyl (C=O) groups is 2. The molecule has 4 bridgehead atoms. The van der Waals surface area contributed by atoms with Gasteiger partial charge >= 0.3 is 12.0 Å². The minimum absolute atomic E-state index is 0.0343. The highest BCUT2D eigenvalue weighted by Gasteiger charge is 2.51. The molecule has 4 saturated carbocycles. The lowest BCUT2D eigenvalue weighted by atomic mass is 9.53. The minimum atomic E-state index is -0.313. The Labute approximate surface area is 154 Å². The van der Waals surface area contributed by atoms with E-state index in [-0.39, 0.29) is 17.5 Å². The topological polar surface area (TPSA) is 67.4 Å². The van der Waals surface area contributed by atoms with E-state index in [1.807, 2.05) is 12.1 Å². The van der Waals surface area contributed by atoms with Crippen molar-refractivity contribution in [1.29, 1.82) is 0 Å². The van der Waals surface area contributed by atoms with Gasteiger partial charge in [-0.2, -0.15) is 0 Å². The summed E-state index contributed by atoms with van der Waals surface area (Å²) in [5.41, 5.74) is 1.54. The molecule has 0 radical (unpaired) electrons. The summed E-state index contributed by atoms with van der Waals surface area (Å²) in [7, 11) is 0. The summed E-state index contributed by atoms with van der Waals surface area (Å²) in [6.07, 6.45) is 7.57. The largest absolute Gasteiger partial charge is 0.462 e. The molecule has 5 heteroatoms.